The summed E-state index contributed by atoms with van der Waals surface area (Å²) in [6.07, 6.45) is 1.92. The number of aliphatic hydroxyl groups is 1. The molecule has 0 aliphatic carbocycles. The van der Waals surface area contributed by atoms with Gasteiger partial charge in [-0.15, -0.1) is 0 Å². The summed E-state index contributed by atoms with van der Waals surface area (Å²) < 4.78 is 0. The average Bonchev–Trinajstić information content (AvgIpc) is 2.29. The molecule has 0 aromatic heterocycles. The highest BCUT2D eigenvalue weighted by molar-refractivity contribution is 5.23. The van der Waals surface area contributed by atoms with Gasteiger partial charge in [-0.25, -0.2) is 0 Å². The highest BCUT2D eigenvalue weighted by atomic mass is 16.3. The number of benzene rings is 1. The Morgan fingerprint density at radius 3 is 2.44 bits per heavy atom. The van der Waals surface area contributed by atoms with Crippen molar-refractivity contribution in [1.29, 1.82) is 0 Å². The van der Waals surface area contributed by atoms with E-state index in [1.165, 1.54) is 12.0 Å². The first kappa shape index (κ1) is 13.2. The first-order chi connectivity index (χ1) is 7.65. The van der Waals surface area contributed by atoms with Gasteiger partial charge in [0.05, 0.1) is 6.10 Å². The van der Waals surface area contributed by atoms with Gasteiger partial charge in [0.15, 0.2) is 0 Å². The standard InChI is InChI=1S/C14H23NO/c1-4-5-10-15-12(3)14(16)13-8-6-11(2)7-9-13/h6-9,12,14-16H,4-5,10H2,1-3H3. The van der Waals surface area contributed by atoms with Crippen LogP contribution in [0, 0.1) is 6.92 Å². The SMILES string of the molecule is CCCCNC(C)C(O)c1ccc(C)cc1. The van der Waals surface area contributed by atoms with Crippen LogP contribution >= 0.6 is 0 Å². The Morgan fingerprint density at radius 1 is 1.25 bits per heavy atom. The predicted molar refractivity (Wildman–Crippen MR) is 68.5 cm³/mol. The van der Waals surface area contributed by atoms with Crippen molar-refractivity contribution in [3.63, 3.8) is 0 Å². The number of aliphatic hydroxyl groups excluding tert-OH is 1. The highest BCUT2D eigenvalue weighted by Crippen LogP contribution is 2.17. The third-order valence-corrected chi connectivity index (χ3v) is 2.89. The number of nitrogens with one attached hydrogen (secondary N) is 1. The number of rotatable bonds is 6. The normalized spacial score (nSPS) is 14.8. The van der Waals surface area contributed by atoms with Crippen LogP contribution < -0.4 is 5.32 Å². The van der Waals surface area contributed by atoms with Crippen molar-refractivity contribution in [2.45, 2.75) is 45.8 Å². The lowest BCUT2D eigenvalue weighted by molar-refractivity contribution is 0.136. The molecule has 2 nitrogen and oxygen atoms in total. The van der Waals surface area contributed by atoms with Gasteiger partial charge in [-0.2, -0.15) is 0 Å². The van der Waals surface area contributed by atoms with Crippen molar-refractivity contribution < 1.29 is 5.11 Å². The average molecular weight is 221 g/mol. The Morgan fingerprint density at radius 2 is 1.88 bits per heavy atom. The number of aryl methyl sites for hydroxylation is 1. The van der Waals surface area contributed by atoms with Crippen molar-refractivity contribution in [1.82, 2.24) is 5.32 Å². The second-order valence-corrected chi connectivity index (χ2v) is 4.45. The Labute approximate surface area is 98.7 Å². The van der Waals surface area contributed by atoms with Gasteiger partial charge in [0.2, 0.25) is 0 Å². The Hall–Kier alpha value is -0.860. The topological polar surface area (TPSA) is 32.3 Å². The van der Waals surface area contributed by atoms with Gasteiger partial charge in [-0.3, -0.25) is 0 Å². The number of unbranched alkanes of at least 4 members (excludes halogenated alkanes) is 1. The minimum Gasteiger partial charge on any atom is -0.387 e. The molecule has 0 aliphatic heterocycles. The monoisotopic (exact) mass is 221 g/mol. The van der Waals surface area contributed by atoms with Crippen LogP contribution in [0.2, 0.25) is 0 Å². The molecule has 0 radical (unpaired) electrons. The van der Waals surface area contributed by atoms with Gasteiger partial charge in [-0.1, -0.05) is 43.2 Å². The molecule has 2 atom stereocenters. The summed E-state index contributed by atoms with van der Waals surface area (Å²) in [7, 11) is 0. The van der Waals surface area contributed by atoms with E-state index in [9.17, 15) is 5.11 Å². The van der Waals surface area contributed by atoms with Crippen LogP contribution in [0.1, 0.15) is 43.9 Å². The molecule has 2 heteroatoms. The molecular weight excluding hydrogens is 198 g/mol. The van der Waals surface area contributed by atoms with Crippen molar-refractivity contribution >= 4 is 0 Å². The molecule has 0 heterocycles. The third kappa shape index (κ3) is 3.95. The molecule has 1 aromatic carbocycles. The van der Waals surface area contributed by atoms with Gasteiger partial charge in [0.1, 0.15) is 0 Å². The smallest absolute Gasteiger partial charge is 0.0940 e. The van der Waals surface area contributed by atoms with Gasteiger partial charge in [0.25, 0.3) is 0 Å². The molecule has 1 aromatic rings. The highest BCUT2D eigenvalue weighted by Gasteiger charge is 2.14. The minimum absolute atomic E-state index is 0.106. The van der Waals surface area contributed by atoms with E-state index in [0.717, 1.165) is 18.5 Å². The van der Waals surface area contributed by atoms with Crippen molar-refractivity contribution in [3.8, 4) is 0 Å². The Bertz CT molecular complexity index is 294. The summed E-state index contributed by atoms with van der Waals surface area (Å²) in [4.78, 5) is 0. The fraction of sp³-hybridized carbons (Fsp3) is 0.571. The Balaban J connectivity index is 2.49. The van der Waals surface area contributed by atoms with E-state index in [0.29, 0.717) is 0 Å². The van der Waals surface area contributed by atoms with E-state index < -0.39 is 6.10 Å². The van der Waals surface area contributed by atoms with E-state index in [2.05, 4.69) is 19.2 Å². The summed E-state index contributed by atoms with van der Waals surface area (Å²) in [5.74, 6) is 0. The van der Waals surface area contributed by atoms with Crippen LogP contribution in [0.5, 0.6) is 0 Å². The van der Waals surface area contributed by atoms with Crippen molar-refractivity contribution in [2.24, 2.45) is 0 Å². The molecular formula is C14H23NO. The fourth-order valence-corrected chi connectivity index (χ4v) is 1.67. The molecule has 0 fully saturated rings. The third-order valence-electron chi connectivity index (χ3n) is 2.89. The van der Waals surface area contributed by atoms with Crippen LogP contribution in [0.15, 0.2) is 24.3 Å². The molecule has 0 saturated carbocycles. The first-order valence-electron chi connectivity index (χ1n) is 6.13. The van der Waals surface area contributed by atoms with Gasteiger partial charge in [-0.05, 0) is 32.4 Å². The summed E-state index contributed by atoms with van der Waals surface area (Å²) in [5, 5.41) is 13.5. The van der Waals surface area contributed by atoms with E-state index >= 15 is 0 Å². The zero-order valence-electron chi connectivity index (χ0n) is 10.5. The molecule has 0 bridgehead atoms. The fourth-order valence-electron chi connectivity index (χ4n) is 1.67. The lowest BCUT2D eigenvalue weighted by Gasteiger charge is -2.20. The molecule has 2 unspecified atom stereocenters. The maximum Gasteiger partial charge on any atom is 0.0940 e. The lowest BCUT2D eigenvalue weighted by Crippen LogP contribution is -2.32. The van der Waals surface area contributed by atoms with Crippen LogP contribution in [-0.2, 0) is 0 Å². The van der Waals surface area contributed by atoms with Crippen molar-refractivity contribution in [2.75, 3.05) is 6.54 Å². The molecule has 0 saturated heterocycles. The summed E-state index contributed by atoms with van der Waals surface area (Å²) in [6.45, 7) is 7.22. The zero-order valence-corrected chi connectivity index (χ0v) is 10.5. The zero-order chi connectivity index (χ0) is 12.0. The van der Waals surface area contributed by atoms with Crippen LogP contribution in [0.25, 0.3) is 0 Å². The van der Waals surface area contributed by atoms with Crippen molar-refractivity contribution in [3.05, 3.63) is 35.4 Å². The quantitative estimate of drug-likeness (QED) is 0.724. The second-order valence-electron chi connectivity index (χ2n) is 4.45. The number of hydrogen-bond donors (Lipinski definition) is 2. The summed E-state index contributed by atoms with van der Waals surface area (Å²) >= 11 is 0. The first-order valence-corrected chi connectivity index (χ1v) is 6.13. The van der Waals surface area contributed by atoms with Gasteiger partial charge >= 0.3 is 0 Å². The molecule has 90 valence electrons. The van der Waals surface area contributed by atoms with Crippen LogP contribution in [0.4, 0.5) is 0 Å². The maximum atomic E-state index is 10.1. The summed E-state index contributed by atoms with van der Waals surface area (Å²) in [6, 6.07) is 8.18. The molecule has 2 N–H and O–H groups in total. The number of hydrogen-bond acceptors (Lipinski definition) is 2. The van der Waals surface area contributed by atoms with Gasteiger partial charge < -0.3 is 10.4 Å². The van der Waals surface area contributed by atoms with Crippen LogP contribution in [-0.4, -0.2) is 17.7 Å². The molecule has 0 spiro atoms. The lowest BCUT2D eigenvalue weighted by atomic mass is 10.0. The van der Waals surface area contributed by atoms with Gasteiger partial charge in [0, 0.05) is 6.04 Å². The molecule has 16 heavy (non-hydrogen) atoms. The largest absolute Gasteiger partial charge is 0.387 e. The molecule has 0 amide bonds. The minimum atomic E-state index is -0.419. The summed E-state index contributed by atoms with van der Waals surface area (Å²) in [5.41, 5.74) is 2.21. The van der Waals surface area contributed by atoms with Crippen LogP contribution in [0.3, 0.4) is 0 Å². The van der Waals surface area contributed by atoms with E-state index in [1.54, 1.807) is 0 Å². The molecule has 1 rings (SSSR count). The Kier molecular flexibility index (Phi) is 5.50. The second kappa shape index (κ2) is 6.66. The molecule has 0 aliphatic rings. The van der Waals surface area contributed by atoms with E-state index in [4.69, 9.17) is 0 Å². The predicted octanol–water partition coefficient (Wildman–Crippen LogP) is 2.81. The van der Waals surface area contributed by atoms with E-state index in [-0.39, 0.29) is 6.04 Å². The van der Waals surface area contributed by atoms with E-state index in [1.807, 2.05) is 31.2 Å². The maximum absolute atomic E-state index is 10.1.